The van der Waals surface area contributed by atoms with Gasteiger partial charge in [-0.3, -0.25) is 9.69 Å². The van der Waals surface area contributed by atoms with Crippen molar-refractivity contribution in [1.29, 1.82) is 0 Å². The highest BCUT2D eigenvalue weighted by Crippen LogP contribution is 2.33. The van der Waals surface area contributed by atoms with Crippen LogP contribution in [0.4, 0.5) is 13.2 Å². The lowest BCUT2D eigenvalue weighted by Gasteiger charge is -2.23. The molecule has 0 radical (unpaired) electrons. The molecule has 222 valence electrons. The maximum atomic E-state index is 13.2. The first-order chi connectivity index (χ1) is 20.5. The largest absolute Gasteiger partial charge is 0.481 e. The van der Waals surface area contributed by atoms with Crippen molar-refractivity contribution in [3.63, 3.8) is 0 Å². The van der Waals surface area contributed by atoms with Crippen molar-refractivity contribution in [2.24, 2.45) is 0 Å². The van der Waals surface area contributed by atoms with E-state index in [0.29, 0.717) is 24.5 Å². The third-order valence-electron chi connectivity index (χ3n) is 7.56. The first kappa shape index (κ1) is 29.8. The number of rotatable bonds is 10. The van der Waals surface area contributed by atoms with Gasteiger partial charge in [0.25, 0.3) is 0 Å². The number of benzene rings is 3. The number of carboxylic acid groups (broad SMARTS) is 1. The van der Waals surface area contributed by atoms with Crippen LogP contribution >= 0.6 is 0 Å². The molecule has 6 nitrogen and oxygen atoms in total. The Hall–Kier alpha value is -4.63. The quantitative estimate of drug-likeness (QED) is 0.178. The first-order valence-electron chi connectivity index (χ1n) is 13.7. The van der Waals surface area contributed by atoms with Crippen LogP contribution in [0, 0.1) is 0 Å². The summed E-state index contributed by atoms with van der Waals surface area (Å²) in [5.74, 6) is -1.23. The number of carbonyl (C=O) groups is 1. The van der Waals surface area contributed by atoms with Gasteiger partial charge in [0, 0.05) is 24.7 Å². The van der Waals surface area contributed by atoms with E-state index in [2.05, 4.69) is 4.98 Å². The molecule has 43 heavy (non-hydrogen) atoms. The third kappa shape index (κ3) is 6.57. The van der Waals surface area contributed by atoms with Crippen LogP contribution in [-0.4, -0.2) is 28.1 Å². The summed E-state index contributed by atoms with van der Waals surface area (Å²) >= 11 is 0. The van der Waals surface area contributed by atoms with E-state index in [1.54, 1.807) is 33.2 Å². The fraction of sp³-hybridized carbons (Fsp3) is 0.235. The van der Waals surface area contributed by atoms with Gasteiger partial charge in [-0.05, 0) is 65.3 Å². The molecule has 2 heterocycles. The Morgan fingerprint density at radius 1 is 0.884 bits per heavy atom. The molecule has 0 spiro atoms. The van der Waals surface area contributed by atoms with Crippen molar-refractivity contribution in [2.75, 3.05) is 7.11 Å². The average Bonchev–Trinajstić information content (AvgIpc) is 3.47. The molecule has 0 amide bonds. The van der Waals surface area contributed by atoms with E-state index in [9.17, 15) is 23.1 Å². The number of nitrogens with zero attached hydrogens (tertiary/aromatic N) is 2. The van der Waals surface area contributed by atoms with E-state index in [1.165, 1.54) is 6.07 Å². The molecule has 9 heteroatoms. The van der Waals surface area contributed by atoms with E-state index in [4.69, 9.17) is 9.15 Å². The predicted octanol–water partition coefficient (Wildman–Crippen LogP) is 8.09. The maximum Gasteiger partial charge on any atom is 0.449 e. The molecule has 2 aromatic heterocycles. The first-order valence-corrected chi connectivity index (χ1v) is 13.7. The third-order valence-corrected chi connectivity index (χ3v) is 7.56. The normalized spacial score (nSPS) is 12.2. The van der Waals surface area contributed by atoms with Crippen LogP contribution in [-0.2, 0) is 36.0 Å². The molecule has 0 aliphatic carbocycles. The fourth-order valence-electron chi connectivity index (χ4n) is 5.03. The molecule has 0 aliphatic rings. The fourth-order valence-corrected chi connectivity index (χ4v) is 5.03. The van der Waals surface area contributed by atoms with Crippen LogP contribution in [0.2, 0.25) is 0 Å². The standard InChI is InChI=1S/C34H31F3N2O4/c1-33(2,32(40)41)26-8-6-7-24(17-26)23-13-11-22(12-14-23)19-39(21-27-15-16-30(43-27)34(35,36)37)20-25-18-38-31(42-3)29-10-5-4-9-28(25)29/h4-18H,19-21H2,1-3H3,(H,40,41). The average molecular weight is 589 g/mol. The van der Waals surface area contributed by atoms with Gasteiger partial charge in [-0.2, -0.15) is 13.2 Å². The lowest BCUT2D eigenvalue weighted by molar-refractivity contribution is -0.153. The smallest absolute Gasteiger partial charge is 0.449 e. The molecular weight excluding hydrogens is 557 g/mol. The molecule has 0 saturated heterocycles. The molecule has 0 unspecified atom stereocenters. The SMILES string of the molecule is COc1ncc(CN(Cc2ccc(-c3cccc(C(C)(C)C(=O)O)c3)cc2)Cc2ccc(C(F)(F)F)o2)c2ccccc12. The van der Waals surface area contributed by atoms with Gasteiger partial charge in [0.2, 0.25) is 11.6 Å². The minimum absolute atomic E-state index is 0.143. The summed E-state index contributed by atoms with van der Waals surface area (Å²) in [4.78, 5) is 18.2. The van der Waals surface area contributed by atoms with Crippen molar-refractivity contribution in [3.05, 3.63) is 119 Å². The number of furan rings is 1. The second-order valence-electron chi connectivity index (χ2n) is 11.0. The molecule has 0 aliphatic heterocycles. The van der Waals surface area contributed by atoms with Crippen molar-refractivity contribution in [1.82, 2.24) is 9.88 Å². The van der Waals surface area contributed by atoms with Crippen LogP contribution in [0.25, 0.3) is 21.9 Å². The highest BCUT2D eigenvalue weighted by Gasteiger charge is 2.35. The summed E-state index contributed by atoms with van der Waals surface area (Å²) < 4.78 is 50.3. The summed E-state index contributed by atoms with van der Waals surface area (Å²) in [6.07, 6.45) is -2.84. The van der Waals surface area contributed by atoms with E-state index in [-0.39, 0.29) is 12.3 Å². The zero-order chi connectivity index (χ0) is 30.8. The Bertz CT molecular complexity index is 1740. The molecule has 0 fully saturated rings. The summed E-state index contributed by atoms with van der Waals surface area (Å²) in [5.41, 5.74) is 3.32. The zero-order valence-electron chi connectivity index (χ0n) is 24.0. The second kappa shape index (κ2) is 11.9. The number of alkyl halides is 3. The van der Waals surface area contributed by atoms with E-state index in [0.717, 1.165) is 39.1 Å². The van der Waals surface area contributed by atoms with E-state index in [1.807, 2.05) is 71.6 Å². The number of methoxy groups -OCH3 is 1. The second-order valence-corrected chi connectivity index (χ2v) is 11.0. The predicted molar refractivity (Wildman–Crippen MR) is 157 cm³/mol. The molecule has 0 atom stereocenters. The summed E-state index contributed by atoms with van der Waals surface area (Å²) in [5, 5.41) is 11.4. The molecule has 3 aromatic carbocycles. The Labute approximate surface area is 247 Å². The summed E-state index contributed by atoms with van der Waals surface area (Å²) in [7, 11) is 1.56. The van der Waals surface area contributed by atoms with Gasteiger partial charge >= 0.3 is 12.1 Å². The molecule has 5 rings (SSSR count). The summed E-state index contributed by atoms with van der Waals surface area (Å²) in [6.45, 7) is 4.31. The van der Waals surface area contributed by atoms with Crippen molar-refractivity contribution in [2.45, 2.75) is 45.1 Å². The Morgan fingerprint density at radius 2 is 1.60 bits per heavy atom. The van der Waals surface area contributed by atoms with Crippen LogP contribution < -0.4 is 4.74 Å². The molecule has 1 N–H and O–H groups in total. The molecule has 0 bridgehead atoms. The molecule has 5 aromatic rings. The van der Waals surface area contributed by atoms with Gasteiger partial charge in [-0.15, -0.1) is 0 Å². The van der Waals surface area contributed by atoms with Gasteiger partial charge in [0.1, 0.15) is 5.76 Å². The van der Waals surface area contributed by atoms with Crippen LogP contribution in [0.3, 0.4) is 0 Å². The van der Waals surface area contributed by atoms with Crippen LogP contribution in [0.1, 0.15) is 42.1 Å². The zero-order valence-corrected chi connectivity index (χ0v) is 24.0. The number of halogens is 3. The lowest BCUT2D eigenvalue weighted by Crippen LogP contribution is -2.28. The number of aromatic nitrogens is 1. The van der Waals surface area contributed by atoms with Crippen molar-refractivity contribution >= 4 is 16.7 Å². The number of ether oxygens (including phenoxy) is 1. The Morgan fingerprint density at radius 3 is 2.26 bits per heavy atom. The number of aliphatic carboxylic acids is 1. The highest BCUT2D eigenvalue weighted by atomic mass is 19.4. The molecule has 0 saturated carbocycles. The number of hydrogen-bond acceptors (Lipinski definition) is 5. The minimum atomic E-state index is -4.56. The topological polar surface area (TPSA) is 75.8 Å². The maximum absolute atomic E-state index is 13.2. The van der Waals surface area contributed by atoms with Crippen molar-refractivity contribution < 1.29 is 32.2 Å². The monoisotopic (exact) mass is 588 g/mol. The minimum Gasteiger partial charge on any atom is -0.481 e. The number of pyridine rings is 1. The van der Waals surface area contributed by atoms with Gasteiger partial charge in [0.05, 0.1) is 19.1 Å². The number of carboxylic acids is 1. The number of fused-ring (bicyclic) bond motifs is 1. The van der Waals surface area contributed by atoms with E-state index >= 15 is 0 Å². The molecular formula is C34H31F3N2O4. The Kier molecular flexibility index (Phi) is 8.28. The Balaban J connectivity index is 1.43. The van der Waals surface area contributed by atoms with Gasteiger partial charge in [0.15, 0.2) is 0 Å². The highest BCUT2D eigenvalue weighted by molar-refractivity contribution is 5.89. The number of hydrogen-bond donors (Lipinski definition) is 1. The van der Waals surface area contributed by atoms with Crippen LogP contribution in [0.15, 0.2) is 95.5 Å². The van der Waals surface area contributed by atoms with Gasteiger partial charge < -0.3 is 14.3 Å². The van der Waals surface area contributed by atoms with Crippen LogP contribution in [0.5, 0.6) is 5.88 Å². The van der Waals surface area contributed by atoms with Gasteiger partial charge in [-0.25, -0.2) is 4.98 Å². The van der Waals surface area contributed by atoms with Crippen molar-refractivity contribution in [3.8, 4) is 17.0 Å². The summed E-state index contributed by atoms with van der Waals surface area (Å²) in [6, 6.07) is 25.3. The van der Waals surface area contributed by atoms with E-state index < -0.39 is 23.3 Å². The lowest BCUT2D eigenvalue weighted by atomic mass is 9.83. The van der Waals surface area contributed by atoms with Gasteiger partial charge in [-0.1, -0.05) is 66.7 Å².